The molecule has 78 valence electrons. The summed E-state index contributed by atoms with van der Waals surface area (Å²) in [7, 11) is 0. The van der Waals surface area contributed by atoms with Crippen LogP contribution in [0.2, 0.25) is 0 Å². The van der Waals surface area contributed by atoms with E-state index in [1.54, 1.807) is 5.54 Å². The second kappa shape index (κ2) is 6.41. The van der Waals surface area contributed by atoms with Gasteiger partial charge in [-0.25, -0.2) is 0 Å². The molecule has 0 aromatic carbocycles. The van der Waals surface area contributed by atoms with Gasteiger partial charge in [-0.3, -0.25) is 0 Å². The minimum absolute atomic E-state index is 0.0237. The van der Waals surface area contributed by atoms with Crippen molar-refractivity contribution in [2.45, 2.75) is 39.2 Å². The molecule has 2 N–H and O–H groups in total. The van der Waals surface area contributed by atoms with Crippen molar-refractivity contribution in [3.8, 4) is 0 Å². The highest BCUT2D eigenvalue weighted by molar-refractivity contribution is 6.25. The fraction of sp³-hybridized carbons (Fsp3) is 0.800. The van der Waals surface area contributed by atoms with Gasteiger partial charge in [0.25, 0.3) is 0 Å². The van der Waals surface area contributed by atoms with Crippen LogP contribution in [-0.4, -0.2) is 23.8 Å². The molecular formula is C10H20ClNO. The molecule has 0 bridgehead atoms. The van der Waals surface area contributed by atoms with E-state index < -0.39 is 0 Å². The predicted octanol–water partition coefficient (Wildman–Crippen LogP) is 2.27. The average molecular weight is 206 g/mol. The van der Waals surface area contributed by atoms with Gasteiger partial charge in [0.05, 0.1) is 0 Å². The Hall–Kier alpha value is -0.0500. The highest BCUT2D eigenvalue weighted by atomic mass is 35.5. The highest BCUT2D eigenvalue weighted by Crippen LogP contribution is 2.13. The van der Waals surface area contributed by atoms with Gasteiger partial charge in [-0.05, 0) is 32.3 Å². The zero-order valence-corrected chi connectivity index (χ0v) is 9.49. The molecule has 0 heterocycles. The molecule has 0 rings (SSSR count). The first-order chi connectivity index (χ1) is 6.08. The Balaban J connectivity index is 3.97. The average Bonchev–Trinajstić information content (AvgIpc) is 2.15. The zero-order valence-electron chi connectivity index (χ0n) is 8.73. The van der Waals surface area contributed by atoms with Crippen LogP contribution in [0.3, 0.4) is 0 Å². The van der Waals surface area contributed by atoms with E-state index in [1.165, 1.54) is 0 Å². The summed E-state index contributed by atoms with van der Waals surface area (Å²) in [4.78, 5) is 0. The van der Waals surface area contributed by atoms with Crippen LogP contribution >= 0.6 is 11.6 Å². The number of nitrogens with one attached hydrogen (secondary N) is 1. The number of aliphatic hydroxyl groups excluding tert-OH is 1. The summed E-state index contributed by atoms with van der Waals surface area (Å²) in [6.07, 6.45) is 1.78. The third-order valence-corrected chi connectivity index (χ3v) is 2.80. The van der Waals surface area contributed by atoms with E-state index in [0.717, 1.165) is 25.0 Å². The van der Waals surface area contributed by atoms with E-state index in [9.17, 15) is 0 Å². The van der Waals surface area contributed by atoms with Gasteiger partial charge in [0.15, 0.2) is 0 Å². The first-order valence-electron chi connectivity index (χ1n) is 4.69. The summed E-state index contributed by atoms with van der Waals surface area (Å²) < 4.78 is 0. The fourth-order valence-corrected chi connectivity index (χ4v) is 1.11. The zero-order chi connectivity index (χ0) is 10.3. The fourth-order valence-electron chi connectivity index (χ4n) is 1.03. The molecule has 0 aliphatic carbocycles. The molecule has 0 saturated heterocycles. The van der Waals surface area contributed by atoms with Gasteiger partial charge in [-0.1, -0.05) is 18.5 Å². The van der Waals surface area contributed by atoms with Crippen LogP contribution in [0, 0.1) is 0 Å². The number of hydrogen-bond acceptors (Lipinski definition) is 2. The van der Waals surface area contributed by atoms with Crippen LogP contribution in [0.4, 0.5) is 0 Å². The smallest absolute Gasteiger partial charge is 0.0448 e. The maximum atomic E-state index is 8.87. The number of halogens is 1. The van der Waals surface area contributed by atoms with Gasteiger partial charge in [0.2, 0.25) is 0 Å². The third kappa shape index (κ3) is 5.29. The normalized spacial score (nSPS) is 17.2. The Labute approximate surface area is 86.0 Å². The topological polar surface area (TPSA) is 32.3 Å². The Morgan fingerprint density at radius 3 is 2.62 bits per heavy atom. The van der Waals surface area contributed by atoms with Crippen molar-refractivity contribution >= 4 is 11.6 Å². The van der Waals surface area contributed by atoms with Crippen molar-refractivity contribution in [3.63, 3.8) is 0 Å². The Bertz CT molecular complexity index is 170. The van der Waals surface area contributed by atoms with Gasteiger partial charge in [-0.15, -0.1) is 0 Å². The maximum absolute atomic E-state index is 8.87. The van der Waals surface area contributed by atoms with E-state index in [4.69, 9.17) is 16.7 Å². The van der Waals surface area contributed by atoms with Crippen molar-refractivity contribution in [2.75, 3.05) is 13.2 Å². The molecule has 3 heteroatoms. The first-order valence-corrected chi connectivity index (χ1v) is 5.13. The van der Waals surface area contributed by atoms with Crippen LogP contribution in [-0.2, 0) is 0 Å². The monoisotopic (exact) mass is 205 g/mol. The second-order valence-electron chi connectivity index (χ2n) is 3.70. The predicted molar refractivity (Wildman–Crippen MR) is 58.0 cm³/mol. The quantitative estimate of drug-likeness (QED) is 0.698. The minimum Gasteiger partial charge on any atom is -0.396 e. The lowest BCUT2D eigenvalue weighted by molar-refractivity contribution is 0.219. The SMILES string of the molecule is CCC(C)(CCO)NCC(C)=CCl. The number of hydrogen-bond donors (Lipinski definition) is 2. The van der Waals surface area contributed by atoms with E-state index in [1.807, 2.05) is 6.92 Å². The molecule has 0 aromatic heterocycles. The molecule has 2 nitrogen and oxygen atoms in total. The van der Waals surface area contributed by atoms with Crippen molar-refractivity contribution in [3.05, 3.63) is 11.1 Å². The molecule has 0 fully saturated rings. The molecule has 0 amide bonds. The molecule has 0 aliphatic rings. The summed E-state index contributed by atoms with van der Waals surface area (Å²) in [5.74, 6) is 0. The molecule has 1 atom stereocenters. The largest absolute Gasteiger partial charge is 0.396 e. The van der Waals surface area contributed by atoms with Gasteiger partial charge < -0.3 is 10.4 Å². The summed E-state index contributed by atoms with van der Waals surface area (Å²) in [6, 6.07) is 0. The van der Waals surface area contributed by atoms with Crippen LogP contribution in [0.5, 0.6) is 0 Å². The summed E-state index contributed by atoms with van der Waals surface area (Å²) in [6.45, 7) is 7.22. The van der Waals surface area contributed by atoms with Gasteiger partial charge in [-0.2, -0.15) is 0 Å². The van der Waals surface area contributed by atoms with Crippen LogP contribution in [0.15, 0.2) is 11.1 Å². The van der Waals surface area contributed by atoms with E-state index in [0.29, 0.717) is 0 Å². The highest BCUT2D eigenvalue weighted by Gasteiger charge is 2.19. The van der Waals surface area contributed by atoms with E-state index in [-0.39, 0.29) is 12.1 Å². The van der Waals surface area contributed by atoms with Crippen LogP contribution in [0.1, 0.15) is 33.6 Å². The molecule has 0 spiro atoms. The van der Waals surface area contributed by atoms with Crippen molar-refractivity contribution in [1.82, 2.24) is 5.32 Å². The lowest BCUT2D eigenvalue weighted by atomic mass is 9.95. The van der Waals surface area contributed by atoms with Crippen molar-refractivity contribution < 1.29 is 5.11 Å². The van der Waals surface area contributed by atoms with Crippen molar-refractivity contribution in [2.24, 2.45) is 0 Å². The standard InChI is InChI=1S/C10H20ClNO/c1-4-10(3,5-6-13)12-8-9(2)7-11/h7,12-13H,4-6,8H2,1-3H3. The lowest BCUT2D eigenvalue weighted by Gasteiger charge is -2.29. The molecule has 0 aromatic rings. The van der Waals surface area contributed by atoms with Gasteiger partial charge in [0, 0.05) is 24.2 Å². The molecule has 0 aliphatic heterocycles. The van der Waals surface area contributed by atoms with E-state index in [2.05, 4.69) is 19.2 Å². The Morgan fingerprint density at radius 2 is 2.23 bits per heavy atom. The first kappa shape index (κ1) is 12.9. The number of rotatable bonds is 6. The molecular weight excluding hydrogens is 186 g/mol. The molecule has 0 saturated carbocycles. The Morgan fingerprint density at radius 1 is 1.62 bits per heavy atom. The summed E-state index contributed by atoms with van der Waals surface area (Å²) in [5.41, 5.74) is 2.72. The molecule has 13 heavy (non-hydrogen) atoms. The van der Waals surface area contributed by atoms with Gasteiger partial charge >= 0.3 is 0 Å². The maximum Gasteiger partial charge on any atom is 0.0448 e. The van der Waals surface area contributed by atoms with E-state index >= 15 is 0 Å². The summed E-state index contributed by atoms with van der Waals surface area (Å²) >= 11 is 5.55. The minimum atomic E-state index is 0.0237. The molecule has 0 radical (unpaired) electrons. The van der Waals surface area contributed by atoms with Crippen LogP contribution in [0.25, 0.3) is 0 Å². The lowest BCUT2D eigenvalue weighted by Crippen LogP contribution is -2.43. The second-order valence-corrected chi connectivity index (χ2v) is 3.92. The molecule has 1 unspecified atom stereocenters. The van der Waals surface area contributed by atoms with Crippen LogP contribution < -0.4 is 5.32 Å². The summed E-state index contributed by atoms with van der Waals surface area (Å²) in [5, 5.41) is 12.3. The van der Waals surface area contributed by atoms with Gasteiger partial charge in [0.1, 0.15) is 0 Å². The third-order valence-electron chi connectivity index (χ3n) is 2.42. The van der Waals surface area contributed by atoms with Crippen molar-refractivity contribution in [1.29, 1.82) is 0 Å². The Kier molecular flexibility index (Phi) is 6.39. The number of aliphatic hydroxyl groups is 1.